The molecule has 0 aromatic heterocycles. The number of benzene rings is 1. The standard InChI is InChI=1S/C18H22O4/c1-12-9-18(2,22)10-13-7-8-14(11-19)15(17(12)13)5-3-4-6-16(20)21/h3-8,12,19,22H,9-11H2,1-2H3,(H,20,21)/b5-3+,6-4+/t12-,18-/m1/s1. The Labute approximate surface area is 130 Å². The van der Waals surface area contributed by atoms with E-state index in [1.54, 1.807) is 6.08 Å². The molecule has 1 aromatic carbocycles. The molecule has 1 aliphatic rings. The molecule has 0 saturated carbocycles. The fraction of sp³-hybridized carbons (Fsp3) is 0.389. The smallest absolute Gasteiger partial charge is 0.328 e. The lowest BCUT2D eigenvalue weighted by atomic mass is 9.73. The average Bonchev–Trinajstić information content (AvgIpc) is 2.41. The van der Waals surface area contributed by atoms with E-state index in [2.05, 4.69) is 6.92 Å². The van der Waals surface area contributed by atoms with Gasteiger partial charge in [0.05, 0.1) is 12.2 Å². The molecule has 2 rings (SSSR count). The third kappa shape index (κ3) is 3.64. The number of carbonyl (C=O) groups is 1. The second kappa shape index (κ2) is 6.46. The molecule has 0 heterocycles. The van der Waals surface area contributed by atoms with Crippen LogP contribution in [0.5, 0.6) is 0 Å². The second-order valence-corrected chi connectivity index (χ2v) is 6.20. The van der Waals surface area contributed by atoms with E-state index in [0.717, 1.165) is 28.3 Å². The first kappa shape index (κ1) is 16.5. The van der Waals surface area contributed by atoms with Gasteiger partial charge in [0.1, 0.15) is 0 Å². The number of aliphatic hydroxyl groups excluding tert-OH is 1. The molecule has 0 fully saturated rings. The fourth-order valence-electron chi connectivity index (χ4n) is 3.33. The highest BCUT2D eigenvalue weighted by atomic mass is 16.4. The average molecular weight is 302 g/mol. The third-order valence-corrected chi connectivity index (χ3v) is 4.06. The summed E-state index contributed by atoms with van der Waals surface area (Å²) in [6, 6.07) is 3.84. The van der Waals surface area contributed by atoms with Crippen LogP contribution in [-0.2, 0) is 17.8 Å². The van der Waals surface area contributed by atoms with Crippen molar-refractivity contribution in [3.63, 3.8) is 0 Å². The van der Waals surface area contributed by atoms with Crippen LogP contribution in [0.1, 0.15) is 48.4 Å². The van der Waals surface area contributed by atoms with Gasteiger partial charge in [0.2, 0.25) is 0 Å². The maximum absolute atomic E-state index is 10.5. The lowest BCUT2D eigenvalue weighted by Gasteiger charge is -2.35. The Morgan fingerprint density at radius 2 is 2.14 bits per heavy atom. The number of hydrogen-bond acceptors (Lipinski definition) is 3. The van der Waals surface area contributed by atoms with E-state index in [9.17, 15) is 15.0 Å². The van der Waals surface area contributed by atoms with Crippen LogP contribution in [0.15, 0.2) is 30.4 Å². The summed E-state index contributed by atoms with van der Waals surface area (Å²) in [5.41, 5.74) is 3.25. The molecule has 118 valence electrons. The molecule has 4 nitrogen and oxygen atoms in total. The van der Waals surface area contributed by atoms with Gasteiger partial charge in [-0.3, -0.25) is 0 Å². The predicted octanol–water partition coefficient (Wildman–Crippen LogP) is 2.63. The molecule has 0 unspecified atom stereocenters. The van der Waals surface area contributed by atoms with E-state index in [4.69, 9.17) is 5.11 Å². The fourth-order valence-corrected chi connectivity index (χ4v) is 3.33. The first-order chi connectivity index (χ1) is 10.3. The minimum absolute atomic E-state index is 0.0707. The van der Waals surface area contributed by atoms with Crippen molar-refractivity contribution in [1.82, 2.24) is 0 Å². The minimum Gasteiger partial charge on any atom is -0.478 e. The number of fused-ring (bicyclic) bond motifs is 1. The Hall–Kier alpha value is -1.91. The van der Waals surface area contributed by atoms with Gasteiger partial charge in [-0.1, -0.05) is 37.3 Å². The summed E-state index contributed by atoms with van der Waals surface area (Å²) in [4.78, 5) is 10.5. The molecular weight excluding hydrogens is 280 g/mol. The normalized spacial score (nSPS) is 24.8. The SMILES string of the molecule is C[C@@H]1C[C@@](C)(O)Cc2ccc(CO)c(/C=C/C=C/C(=O)O)c21. The van der Waals surface area contributed by atoms with Crippen LogP contribution in [0, 0.1) is 0 Å². The highest BCUT2D eigenvalue weighted by molar-refractivity contribution is 5.80. The van der Waals surface area contributed by atoms with Gasteiger partial charge in [-0.25, -0.2) is 4.79 Å². The zero-order valence-corrected chi connectivity index (χ0v) is 12.9. The molecule has 22 heavy (non-hydrogen) atoms. The Morgan fingerprint density at radius 1 is 1.41 bits per heavy atom. The Morgan fingerprint density at radius 3 is 2.77 bits per heavy atom. The van der Waals surface area contributed by atoms with Gasteiger partial charge < -0.3 is 15.3 Å². The lowest BCUT2D eigenvalue weighted by molar-refractivity contribution is -0.131. The summed E-state index contributed by atoms with van der Waals surface area (Å²) < 4.78 is 0. The van der Waals surface area contributed by atoms with Crippen LogP contribution in [0.4, 0.5) is 0 Å². The van der Waals surface area contributed by atoms with Gasteiger partial charge in [0.25, 0.3) is 0 Å². The molecular formula is C18H22O4. The van der Waals surface area contributed by atoms with Crippen molar-refractivity contribution >= 4 is 12.0 Å². The van der Waals surface area contributed by atoms with Crippen LogP contribution < -0.4 is 0 Å². The first-order valence-electron chi connectivity index (χ1n) is 7.39. The predicted molar refractivity (Wildman–Crippen MR) is 85.5 cm³/mol. The van der Waals surface area contributed by atoms with E-state index < -0.39 is 11.6 Å². The number of allylic oxidation sites excluding steroid dienone is 2. The maximum atomic E-state index is 10.5. The number of carboxylic acid groups (broad SMARTS) is 1. The topological polar surface area (TPSA) is 77.8 Å². The highest BCUT2D eigenvalue weighted by Crippen LogP contribution is 2.40. The van der Waals surface area contributed by atoms with Gasteiger partial charge in [-0.15, -0.1) is 0 Å². The van der Waals surface area contributed by atoms with Crippen molar-refractivity contribution in [1.29, 1.82) is 0 Å². The number of aliphatic carboxylic acids is 1. The quantitative estimate of drug-likeness (QED) is 0.590. The first-order valence-corrected chi connectivity index (χ1v) is 7.39. The molecule has 1 aromatic rings. The zero-order chi connectivity index (χ0) is 16.3. The molecule has 0 saturated heterocycles. The largest absolute Gasteiger partial charge is 0.478 e. The maximum Gasteiger partial charge on any atom is 0.328 e. The molecule has 0 radical (unpaired) electrons. The van der Waals surface area contributed by atoms with Crippen LogP contribution in [0.3, 0.4) is 0 Å². The van der Waals surface area contributed by atoms with Crippen molar-refractivity contribution in [3.8, 4) is 0 Å². The van der Waals surface area contributed by atoms with Gasteiger partial charge in [-0.2, -0.15) is 0 Å². The molecule has 0 aliphatic heterocycles. The molecule has 4 heteroatoms. The monoisotopic (exact) mass is 302 g/mol. The summed E-state index contributed by atoms with van der Waals surface area (Å²) in [6.45, 7) is 3.84. The molecule has 0 spiro atoms. The van der Waals surface area contributed by atoms with E-state index in [1.165, 1.54) is 6.08 Å². The highest BCUT2D eigenvalue weighted by Gasteiger charge is 2.33. The molecule has 3 N–H and O–H groups in total. The Kier molecular flexibility index (Phi) is 4.84. The number of hydrogen-bond donors (Lipinski definition) is 3. The van der Waals surface area contributed by atoms with Crippen molar-refractivity contribution in [3.05, 3.63) is 52.6 Å². The van der Waals surface area contributed by atoms with Gasteiger partial charge >= 0.3 is 5.97 Å². The van der Waals surface area contributed by atoms with E-state index in [1.807, 2.05) is 25.1 Å². The number of aliphatic hydroxyl groups is 2. The van der Waals surface area contributed by atoms with Crippen molar-refractivity contribution in [2.75, 3.05) is 0 Å². The minimum atomic E-state index is -0.994. The van der Waals surface area contributed by atoms with Gasteiger partial charge in [-0.05, 0) is 41.5 Å². The summed E-state index contributed by atoms with van der Waals surface area (Å²) >= 11 is 0. The van der Waals surface area contributed by atoms with Crippen molar-refractivity contribution < 1.29 is 20.1 Å². The Bertz CT molecular complexity index is 626. The van der Waals surface area contributed by atoms with Gasteiger partial charge in [0.15, 0.2) is 0 Å². The van der Waals surface area contributed by atoms with Gasteiger partial charge in [0, 0.05) is 12.5 Å². The number of carboxylic acids is 1. The molecule has 1 aliphatic carbocycles. The van der Waals surface area contributed by atoms with Crippen molar-refractivity contribution in [2.24, 2.45) is 0 Å². The third-order valence-electron chi connectivity index (χ3n) is 4.06. The summed E-state index contributed by atoms with van der Waals surface area (Å²) in [5.74, 6) is -0.820. The second-order valence-electron chi connectivity index (χ2n) is 6.20. The van der Waals surface area contributed by atoms with Crippen LogP contribution in [0.25, 0.3) is 6.08 Å². The summed E-state index contributed by atoms with van der Waals surface area (Å²) in [5, 5.41) is 28.5. The van der Waals surface area contributed by atoms with E-state index in [-0.39, 0.29) is 12.5 Å². The zero-order valence-electron chi connectivity index (χ0n) is 12.9. The lowest BCUT2D eigenvalue weighted by Crippen LogP contribution is -2.34. The van der Waals surface area contributed by atoms with E-state index in [0.29, 0.717) is 12.8 Å². The number of rotatable bonds is 4. The van der Waals surface area contributed by atoms with Crippen molar-refractivity contribution in [2.45, 2.75) is 44.8 Å². The molecule has 0 amide bonds. The summed E-state index contributed by atoms with van der Waals surface area (Å²) in [6.07, 6.45) is 7.29. The van der Waals surface area contributed by atoms with Crippen LogP contribution in [-0.4, -0.2) is 26.9 Å². The van der Waals surface area contributed by atoms with Crippen LogP contribution >= 0.6 is 0 Å². The summed E-state index contributed by atoms with van der Waals surface area (Å²) in [7, 11) is 0. The van der Waals surface area contributed by atoms with E-state index >= 15 is 0 Å². The molecule has 0 bridgehead atoms. The van der Waals surface area contributed by atoms with Crippen LogP contribution in [0.2, 0.25) is 0 Å². The Balaban J connectivity index is 2.46. The molecule has 2 atom stereocenters.